The Morgan fingerprint density at radius 3 is 2.67 bits per heavy atom. The quantitative estimate of drug-likeness (QED) is 0.840. The molecule has 2 aromatic rings. The Hall–Kier alpha value is -2.23. The van der Waals surface area contributed by atoms with Crippen molar-refractivity contribution in [3.63, 3.8) is 0 Å². The standard InChI is InChI=1S/C17H22N2O2/c1-4-9-18-17-8-6-14(11-19-17)12-21-15-7-5-13(2)10-16(15)20-3/h5-8,10-11H,4,9,12H2,1-3H3,(H,18,19). The van der Waals surface area contributed by atoms with Gasteiger partial charge in [0.1, 0.15) is 12.4 Å². The van der Waals surface area contributed by atoms with E-state index in [9.17, 15) is 0 Å². The fraction of sp³-hybridized carbons (Fsp3) is 0.353. The Morgan fingerprint density at radius 2 is 2.00 bits per heavy atom. The van der Waals surface area contributed by atoms with Crippen LogP contribution in [0.1, 0.15) is 24.5 Å². The first-order valence-electron chi connectivity index (χ1n) is 7.19. The van der Waals surface area contributed by atoms with Crippen LogP contribution < -0.4 is 14.8 Å². The number of ether oxygens (including phenoxy) is 2. The van der Waals surface area contributed by atoms with Crippen molar-refractivity contribution in [2.45, 2.75) is 26.9 Å². The molecule has 0 amide bonds. The van der Waals surface area contributed by atoms with E-state index in [0.717, 1.165) is 41.4 Å². The molecule has 0 aliphatic heterocycles. The Balaban J connectivity index is 1.96. The van der Waals surface area contributed by atoms with Crippen molar-refractivity contribution in [1.29, 1.82) is 0 Å². The fourth-order valence-corrected chi connectivity index (χ4v) is 1.92. The summed E-state index contributed by atoms with van der Waals surface area (Å²) in [5.74, 6) is 2.40. The molecule has 112 valence electrons. The van der Waals surface area contributed by atoms with Crippen LogP contribution in [-0.2, 0) is 6.61 Å². The number of rotatable bonds is 7. The lowest BCUT2D eigenvalue weighted by Gasteiger charge is -2.11. The second kappa shape index (κ2) is 7.53. The van der Waals surface area contributed by atoms with Gasteiger partial charge in [0.15, 0.2) is 11.5 Å². The summed E-state index contributed by atoms with van der Waals surface area (Å²) in [6.07, 6.45) is 2.92. The van der Waals surface area contributed by atoms with Crippen LogP contribution in [0.4, 0.5) is 5.82 Å². The molecule has 0 fully saturated rings. The molecule has 21 heavy (non-hydrogen) atoms. The zero-order valence-corrected chi connectivity index (χ0v) is 12.8. The van der Waals surface area contributed by atoms with Gasteiger partial charge in [0.05, 0.1) is 7.11 Å². The topological polar surface area (TPSA) is 43.4 Å². The third kappa shape index (κ3) is 4.38. The molecule has 0 bridgehead atoms. The Bertz CT molecular complexity index is 568. The van der Waals surface area contributed by atoms with Gasteiger partial charge in [0, 0.05) is 18.3 Å². The molecule has 0 unspecified atom stereocenters. The molecule has 1 aromatic heterocycles. The summed E-state index contributed by atoms with van der Waals surface area (Å²) < 4.78 is 11.1. The zero-order chi connectivity index (χ0) is 15.1. The SMILES string of the molecule is CCCNc1ccc(COc2ccc(C)cc2OC)cn1. The minimum Gasteiger partial charge on any atom is -0.493 e. The number of pyridine rings is 1. The summed E-state index contributed by atoms with van der Waals surface area (Å²) in [6.45, 7) is 5.56. The summed E-state index contributed by atoms with van der Waals surface area (Å²) in [6, 6.07) is 9.89. The molecule has 0 atom stereocenters. The number of anilines is 1. The number of hydrogen-bond acceptors (Lipinski definition) is 4. The Labute approximate surface area is 126 Å². The van der Waals surface area contributed by atoms with Gasteiger partial charge in [-0.2, -0.15) is 0 Å². The van der Waals surface area contributed by atoms with Gasteiger partial charge >= 0.3 is 0 Å². The van der Waals surface area contributed by atoms with Crippen LogP contribution in [0.25, 0.3) is 0 Å². The largest absolute Gasteiger partial charge is 0.493 e. The van der Waals surface area contributed by atoms with E-state index in [2.05, 4.69) is 17.2 Å². The zero-order valence-electron chi connectivity index (χ0n) is 12.8. The Morgan fingerprint density at radius 1 is 1.14 bits per heavy atom. The van der Waals surface area contributed by atoms with Crippen molar-refractivity contribution in [2.75, 3.05) is 19.0 Å². The highest BCUT2D eigenvalue weighted by Gasteiger charge is 2.05. The Kier molecular flexibility index (Phi) is 5.43. The van der Waals surface area contributed by atoms with Crippen molar-refractivity contribution >= 4 is 5.82 Å². The highest BCUT2D eigenvalue weighted by atomic mass is 16.5. The molecule has 0 aliphatic carbocycles. The van der Waals surface area contributed by atoms with Gasteiger partial charge < -0.3 is 14.8 Å². The summed E-state index contributed by atoms with van der Waals surface area (Å²) in [5.41, 5.74) is 2.17. The number of methoxy groups -OCH3 is 1. The van der Waals surface area contributed by atoms with E-state index < -0.39 is 0 Å². The summed E-state index contributed by atoms with van der Waals surface area (Å²) in [7, 11) is 1.65. The maximum Gasteiger partial charge on any atom is 0.161 e. The molecule has 4 nitrogen and oxygen atoms in total. The molecule has 1 heterocycles. The fourth-order valence-electron chi connectivity index (χ4n) is 1.92. The van der Waals surface area contributed by atoms with Crippen LogP contribution in [0.2, 0.25) is 0 Å². The number of nitrogens with zero attached hydrogens (tertiary/aromatic N) is 1. The van der Waals surface area contributed by atoms with Gasteiger partial charge in [-0.3, -0.25) is 0 Å². The molecule has 0 spiro atoms. The first-order valence-corrected chi connectivity index (χ1v) is 7.19. The van der Waals surface area contributed by atoms with Gasteiger partial charge in [-0.1, -0.05) is 19.1 Å². The monoisotopic (exact) mass is 286 g/mol. The summed E-state index contributed by atoms with van der Waals surface area (Å²) in [5, 5.41) is 3.25. The van der Waals surface area contributed by atoms with Crippen molar-refractivity contribution in [3.8, 4) is 11.5 Å². The molecule has 0 aliphatic rings. The molecule has 1 aromatic carbocycles. The minimum atomic E-state index is 0.473. The van der Waals surface area contributed by atoms with Crippen LogP contribution in [0.15, 0.2) is 36.5 Å². The van der Waals surface area contributed by atoms with Crippen LogP contribution in [0.3, 0.4) is 0 Å². The van der Waals surface area contributed by atoms with Crippen LogP contribution in [0.5, 0.6) is 11.5 Å². The second-order valence-electron chi connectivity index (χ2n) is 4.92. The third-order valence-electron chi connectivity index (χ3n) is 3.09. The van der Waals surface area contributed by atoms with Gasteiger partial charge in [-0.05, 0) is 37.1 Å². The molecule has 1 N–H and O–H groups in total. The molecule has 0 saturated heterocycles. The highest BCUT2D eigenvalue weighted by Crippen LogP contribution is 2.28. The van der Waals surface area contributed by atoms with Gasteiger partial charge in [0.25, 0.3) is 0 Å². The van der Waals surface area contributed by atoms with Crippen molar-refractivity contribution in [1.82, 2.24) is 4.98 Å². The first kappa shape index (κ1) is 15.2. The smallest absolute Gasteiger partial charge is 0.161 e. The number of aromatic nitrogens is 1. The van der Waals surface area contributed by atoms with Crippen LogP contribution >= 0.6 is 0 Å². The number of nitrogens with one attached hydrogen (secondary N) is 1. The maximum atomic E-state index is 5.80. The van der Waals surface area contributed by atoms with E-state index in [4.69, 9.17) is 9.47 Å². The molecule has 2 rings (SSSR count). The average Bonchev–Trinajstić information content (AvgIpc) is 2.52. The van der Waals surface area contributed by atoms with E-state index in [1.54, 1.807) is 7.11 Å². The predicted molar refractivity (Wildman–Crippen MR) is 85.1 cm³/mol. The van der Waals surface area contributed by atoms with Gasteiger partial charge in [0.2, 0.25) is 0 Å². The average molecular weight is 286 g/mol. The molecule has 0 saturated carbocycles. The van der Waals surface area contributed by atoms with E-state index in [1.165, 1.54) is 0 Å². The molecule has 0 radical (unpaired) electrons. The molecule has 4 heteroatoms. The minimum absolute atomic E-state index is 0.473. The number of hydrogen-bond donors (Lipinski definition) is 1. The lowest BCUT2D eigenvalue weighted by Crippen LogP contribution is -2.03. The predicted octanol–water partition coefficient (Wildman–Crippen LogP) is 3.80. The van der Waals surface area contributed by atoms with E-state index in [1.807, 2.05) is 43.5 Å². The lowest BCUT2D eigenvalue weighted by molar-refractivity contribution is 0.284. The van der Waals surface area contributed by atoms with E-state index >= 15 is 0 Å². The third-order valence-corrected chi connectivity index (χ3v) is 3.09. The lowest BCUT2D eigenvalue weighted by atomic mass is 10.2. The first-order chi connectivity index (χ1) is 10.2. The molecular weight excluding hydrogens is 264 g/mol. The normalized spacial score (nSPS) is 10.2. The van der Waals surface area contributed by atoms with Crippen LogP contribution in [0, 0.1) is 6.92 Å². The van der Waals surface area contributed by atoms with Gasteiger partial charge in [-0.15, -0.1) is 0 Å². The van der Waals surface area contributed by atoms with Crippen molar-refractivity contribution in [2.24, 2.45) is 0 Å². The molecular formula is C17H22N2O2. The number of aryl methyl sites for hydroxylation is 1. The van der Waals surface area contributed by atoms with Crippen LogP contribution in [-0.4, -0.2) is 18.6 Å². The highest BCUT2D eigenvalue weighted by molar-refractivity contribution is 5.42. The van der Waals surface area contributed by atoms with Gasteiger partial charge in [-0.25, -0.2) is 4.98 Å². The number of benzene rings is 1. The second-order valence-corrected chi connectivity index (χ2v) is 4.92. The van der Waals surface area contributed by atoms with Crippen molar-refractivity contribution < 1.29 is 9.47 Å². The summed E-state index contributed by atoms with van der Waals surface area (Å²) in [4.78, 5) is 4.36. The van der Waals surface area contributed by atoms with E-state index in [0.29, 0.717) is 6.61 Å². The van der Waals surface area contributed by atoms with Crippen molar-refractivity contribution in [3.05, 3.63) is 47.7 Å². The van der Waals surface area contributed by atoms with E-state index in [-0.39, 0.29) is 0 Å². The maximum absolute atomic E-state index is 5.80. The summed E-state index contributed by atoms with van der Waals surface area (Å²) >= 11 is 0.